The van der Waals surface area contributed by atoms with E-state index in [0.29, 0.717) is 9.36 Å². The minimum absolute atomic E-state index is 0.353. The van der Waals surface area contributed by atoms with Crippen molar-refractivity contribution >= 4 is 46.7 Å². The number of hydrogen-bond donors (Lipinski definition) is 0. The van der Waals surface area contributed by atoms with Crippen molar-refractivity contribution in [3.8, 4) is 0 Å². The summed E-state index contributed by atoms with van der Waals surface area (Å²) in [5.74, 6) is -0.861. The fourth-order valence-corrected chi connectivity index (χ4v) is 1.53. The Morgan fingerprint density at radius 2 is 2.05 bits per heavy atom. The first-order chi connectivity index (χ1) is 8.82. The summed E-state index contributed by atoms with van der Waals surface area (Å²) in [7, 11) is 0. The molecule has 2 aromatic rings. The average Bonchev–Trinajstić information content (AvgIpc) is 2.96. The van der Waals surface area contributed by atoms with Crippen LogP contribution in [-0.2, 0) is 3.79 Å². The third-order valence-corrected chi connectivity index (χ3v) is 2.42. The zero-order valence-corrected chi connectivity index (χ0v) is 10.9. The summed E-state index contributed by atoms with van der Waals surface area (Å²) in [6.45, 7) is 0. The first-order valence-corrected chi connectivity index (χ1v) is 5.54. The SMILES string of the molecule is O=C(n1ccnn1)n1nnc(C(Cl)(Cl)Cl)c1[N+](=O)[O-]. The van der Waals surface area contributed by atoms with Crippen molar-refractivity contribution in [2.45, 2.75) is 3.79 Å². The standard InChI is InChI=1S/C6H2Cl3N7O3/c7-6(8,9)3-4(16(18)19)15(13-11-3)5(17)14-2-1-10-12-14/h1-2H. The Kier molecular flexibility index (Phi) is 3.39. The van der Waals surface area contributed by atoms with Gasteiger partial charge in [-0.1, -0.05) is 40.0 Å². The number of nitrogens with zero attached hydrogens (tertiary/aromatic N) is 7. The van der Waals surface area contributed by atoms with Gasteiger partial charge in [0.1, 0.15) is 0 Å². The van der Waals surface area contributed by atoms with Gasteiger partial charge in [-0.2, -0.15) is 0 Å². The van der Waals surface area contributed by atoms with Crippen LogP contribution < -0.4 is 0 Å². The van der Waals surface area contributed by atoms with Crippen molar-refractivity contribution in [3.05, 3.63) is 28.2 Å². The Hall–Kier alpha value is -1.78. The number of hydrogen-bond acceptors (Lipinski definition) is 7. The Morgan fingerprint density at radius 3 is 2.53 bits per heavy atom. The van der Waals surface area contributed by atoms with Crippen molar-refractivity contribution in [1.82, 2.24) is 30.0 Å². The van der Waals surface area contributed by atoms with Crippen LogP contribution in [-0.4, -0.2) is 40.9 Å². The molecule has 0 bridgehead atoms. The van der Waals surface area contributed by atoms with Gasteiger partial charge in [0.25, 0.3) is 0 Å². The van der Waals surface area contributed by atoms with Gasteiger partial charge in [-0.3, -0.25) is 0 Å². The molecule has 0 saturated heterocycles. The van der Waals surface area contributed by atoms with Crippen LogP contribution in [0.1, 0.15) is 5.69 Å². The molecule has 0 N–H and O–H groups in total. The van der Waals surface area contributed by atoms with Gasteiger partial charge in [0, 0.05) is 5.21 Å². The average molecular weight is 326 g/mol. The van der Waals surface area contributed by atoms with Gasteiger partial charge in [-0.15, -0.1) is 14.9 Å². The number of halogens is 3. The Bertz CT molecular complexity index is 631. The number of alkyl halides is 3. The molecule has 0 aliphatic rings. The highest BCUT2D eigenvalue weighted by molar-refractivity contribution is 6.66. The zero-order valence-electron chi connectivity index (χ0n) is 8.64. The summed E-state index contributed by atoms with van der Waals surface area (Å²) in [4.78, 5) is 21.9. The van der Waals surface area contributed by atoms with Crippen molar-refractivity contribution in [2.75, 3.05) is 0 Å². The smallest absolute Gasteiger partial charge is 0.358 e. The third-order valence-electron chi connectivity index (χ3n) is 1.89. The first kappa shape index (κ1) is 13.6. The number of carbonyl (C=O) groups is 1. The fourth-order valence-electron chi connectivity index (χ4n) is 1.16. The van der Waals surface area contributed by atoms with Crippen molar-refractivity contribution in [1.29, 1.82) is 0 Å². The Balaban J connectivity index is 2.57. The van der Waals surface area contributed by atoms with E-state index in [1.165, 1.54) is 12.4 Å². The molecule has 0 spiro atoms. The largest absolute Gasteiger partial charge is 0.464 e. The van der Waals surface area contributed by atoms with Crippen LogP contribution in [0, 0.1) is 10.1 Å². The fraction of sp³-hybridized carbons (Fsp3) is 0.167. The molecule has 2 rings (SSSR count). The summed E-state index contributed by atoms with van der Waals surface area (Å²) >= 11 is 16.5. The second-order valence-corrected chi connectivity index (χ2v) is 5.34. The van der Waals surface area contributed by atoms with Crippen LogP contribution in [0.4, 0.5) is 10.6 Å². The van der Waals surface area contributed by atoms with Crippen LogP contribution in [0.2, 0.25) is 0 Å². The molecule has 0 amide bonds. The second-order valence-electron chi connectivity index (χ2n) is 3.06. The quantitative estimate of drug-likeness (QED) is 0.437. The lowest BCUT2D eigenvalue weighted by Gasteiger charge is -2.05. The van der Waals surface area contributed by atoms with Gasteiger partial charge >= 0.3 is 11.8 Å². The van der Waals surface area contributed by atoms with Crippen LogP contribution in [0.3, 0.4) is 0 Å². The first-order valence-electron chi connectivity index (χ1n) is 4.40. The monoisotopic (exact) mass is 325 g/mol. The number of carbonyl (C=O) groups excluding carboxylic acids is 1. The van der Waals surface area contributed by atoms with E-state index in [9.17, 15) is 14.9 Å². The molecule has 10 nitrogen and oxygen atoms in total. The van der Waals surface area contributed by atoms with Crippen molar-refractivity contribution in [2.24, 2.45) is 0 Å². The highest BCUT2D eigenvalue weighted by Gasteiger charge is 2.41. The molecule has 13 heteroatoms. The van der Waals surface area contributed by atoms with E-state index in [2.05, 4.69) is 20.6 Å². The molecule has 0 unspecified atom stereocenters. The van der Waals surface area contributed by atoms with Gasteiger partial charge < -0.3 is 10.1 Å². The zero-order chi connectivity index (χ0) is 14.2. The number of rotatable bonds is 1. The Labute approximate surface area is 119 Å². The van der Waals surface area contributed by atoms with E-state index in [-0.39, 0.29) is 0 Å². The minimum atomic E-state index is -2.19. The van der Waals surface area contributed by atoms with E-state index in [1.54, 1.807) is 0 Å². The summed E-state index contributed by atoms with van der Waals surface area (Å²) in [6.07, 6.45) is 2.37. The predicted molar refractivity (Wildman–Crippen MR) is 62.1 cm³/mol. The molecule has 0 aliphatic heterocycles. The lowest BCUT2D eigenvalue weighted by atomic mass is 10.5. The normalized spacial score (nSPS) is 11.5. The molecule has 0 fully saturated rings. The molecule has 2 aromatic heterocycles. The maximum Gasteiger partial charge on any atom is 0.464 e. The van der Waals surface area contributed by atoms with Gasteiger partial charge in [-0.25, -0.2) is 4.79 Å². The minimum Gasteiger partial charge on any atom is -0.358 e. The topological polar surface area (TPSA) is 122 Å². The summed E-state index contributed by atoms with van der Waals surface area (Å²) in [5.41, 5.74) is -0.573. The Morgan fingerprint density at radius 1 is 1.37 bits per heavy atom. The molecular formula is C6H2Cl3N7O3. The van der Waals surface area contributed by atoms with Crippen LogP contribution >= 0.6 is 34.8 Å². The molecule has 0 radical (unpaired) electrons. The van der Waals surface area contributed by atoms with Gasteiger partial charge in [-0.05, 0) is 9.61 Å². The van der Waals surface area contributed by atoms with Gasteiger partial charge in [0.15, 0.2) is 0 Å². The molecule has 100 valence electrons. The summed E-state index contributed by atoms with van der Waals surface area (Å²) in [5, 5.41) is 24.3. The summed E-state index contributed by atoms with van der Waals surface area (Å²) < 4.78 is -1.13. The van der Waals surface area contributed by atoms with Crippen LogP contribution in [0.25, 0.3) is 0 Å². The number of nitro groups is 1. The highest BCUT2D eigenvalue weighted by atomic mass is 35.6. The summed E-state index contributed by atoms with van der Waals surface area (Å²) in [6, 6.07) is -0.989. The maximum absolute atomic E-state index is 11.9. The number of aromatic nitrogens is 6. The second kappa shape index (κ2) is 4.72. The maximum atomic E-state index is 11.9. The molecule has 0 atom stereocenters. The van der Waals surface area contributed by atoms with E-state index < -0.39 is 26.3 Å². The van der Waals surface area contributed by atoms with E-state index >= 15 is 0 Å². The lowest BCUT2D eigenvalue weighted by Crippen LogP contribution is -2.23. The molecule has 0 saturated carbocycles. The third kappa shape index (κ3) is 2.50. The highest BCUT2D eigenvalue weighted by Crippen LogP contribution is 2.41. The molecular weight excluding hydrogens is 324 g/mol. The van der Waals surface area contributed by atoms with E-state index in [4.69, 9.17) is 34.8 Å². The molecule has 0 aliphatic carbocycles. The van der Waals surface area contributed by atoms with Crippen molar-refractivity contribution < 1.29 is 9.72 Å². The van der Waals surface area contributed by atoms with Crippen molar-refractivity contribution in [3.63, 3.8) is 0 Å². The van der Waals surface area contributed by atoms with E-state index in [1.807, 2.05) is 0 Å². The molecule has 0 aromatic carbocycles. The van der Waals surface area contributed by atoms with Gasteiger partial charge in [0.2, 0.25) is 9.49 Å². The van der Waals surface area contributed by atoms with Crippen LogP contribution in [0.15, 0.2) is 12.4 Å². The molecule has 19 heavy (non-hydrogen) atoms. The van der Waals surface area contributed by atoms with Gasteiger partial charge in [0.05, 0.1) is 12.4 Å². The predicted octanol–water partition coefficient (Wildman–Crippen LogP) is 1.12. The van der Waals surface area contributed by atoms with Crippen LogP contribution in [0.5, 0.6) is 0 Å². The van der Waals surface area contributed by atoms with E-state index in [0.717, 1.165) is 0 Å². The lowest BCUT2D eigenvalue weighted by molar-refractivity contribution is -0.392. The molecule has 2 heterocycles.